The van der Waals surface area contributed by atoms with Crippen molar-refractivity contribution < 1.29 is 9.21 Å². The van der Waals surface area contributed by atoms with Gasteiger partial charge in [-0.1, -0.05) is 0 Å². The minimum absolute atomic E-state index is 0.0445. The van der Waals surface area contributed by atoms with E-state index in [1.165, 1.54) is 0 Å². The van der Waals surface area contributed by atoms with E-state index < -0.39 is 5.54 Å². The van der Waals surface area contributed by atoms with Gasteiger partial charge in [-0.15, -0.1) is 0 Å². The summed E-state index contributed by atoms with van der Waals surface area (Å²) < 4.78 is 5.37. The average molecular weight is 287 g/mol. The molecule has 1 heterocycles. The summed E-state index contributed by atoms with van der Waals surface area (Å²) in [6.45, 7) is 0.999. The monoisotopic (exact) mass is 287 g/mol. The fourth-order valence-electron chi connectivity index (χ4n) is 3.09. The Morgan fingerprint density at radius 3 is 2.81 bits per heavy atom. The van der Waals surface area contributed by atoms with E-state index in [-0.39, 0.29) is 5.91 Å². The van der Waals surface area contributed by atoms with Gasteiger partial charge in [0.2, 0.25) is 5.91 Å². The molecule has 2 aliphatic carbocycles. The minimum Gasteiger partial charge on any atom is -0.468 e. The van der Waals surface area contributed by atoms with Crippen LogP contribution in [-0.2, 0) is 11.3 Å². The van der Waals surface area contributed by atoms with Crippen molar-refractivity contribution in [2.75, 3.05) is 6.54 Å². The summed E-state index contributed by atoms with van der Waals surface area (Å²) >= 11 is 0. The Balaban J connectivity index is 1.58. The van der Waals surface area contributed by atoms with E-state index in [1.54, 1.807) is 6.26 Å². The van der Waals surface area contributed by atoms with Crippen molar-refractivity contribution in [1.82, 2.24) is 10.2 Å². The Labute approximate surface area is 124 Å². The summed E-state index contributed by atoms with van der Waals surface area (Å²) in [6, 6.07) is 6.57. The summed E-state index contributed by atoms with van der Waals surface area (Å²) in [5.41, 5.74) is -0.628. The largest absolute Gasteiger partial charge is 0.468 e. The summed E-state index contributed by atoms with van der Waals surface area (Å²) in [5, 5.41) is 12.3. The molecule has 1 aromatic rings. The van der Waals surface area contributed by atoms with E-state index in [2.05, 4.69) is 16.3 Å². The van der Waals surface area contributed by atoms with Crippen molar-refractivity contribution in [3.63, 3.8) is 0 Å². The van der Waals surface area contributed by atoms with Crippen LogP contribution in [0.4, 0.5) is 0 Å². The van der Waals surface area contributed by atoms with Crippen molar-refractivity contribution >= 4 is 5.91 Å². The molecule has 0 spiro atoms. The molecule has 0 saturated heterocycles. The minimum atomic E-state index is -0.628. The van der Waals surface area contributed by atoms with Crippen LogP contribution in [0.15, 0.2) is 22.8 Å². The number of hydrogen-bond donors (Lipinski definition) is 1. The van der Waals surface area contributed by atoms with Crippen LogP contribution in [0.3, 0.4) is 0 Å². The van der Waals surface area contributed by atoms with Crippen molar-refractivity contribution in [3.05, 3.63) is 24.2 Å². The highest BCUT2D eigenvalue weighted by Crippen LogP contribution is 2.30. The van der Waals surface area contributed by atoms with Gasteiger partial charge in [-0.25, -0.2) is 0 Å². The van der Waals surface area contributed by atoms with Gasteiger partial charge in [0.1, 0.15) is 11.3 Å². The number of carbonyl (C=O) groups is 1. The smallest absolute Gasteiger partial charge is 0.235 e. The average Bonchev–Trinajstić information content (AvgIpc) is 3.00. The molecule has 0 aliphatic heterocycles. The molecule has 3 rings (SSSR count). The molecular weight excluding hydrogens is 266 g/mol. The zero-order valence-electron chi connectivity index (χ0n) is 12.2. The number of nitrogens with zero attached hydrogens (tertiary/aromatic N) is 2. The highest BCUT2D eigenvalue weighted by Gasteiger charge is 2.37. The molecule has 2 fully saturated rings. The van der Waals surface area contributed by atoms with Gasteiger partial charge < -0.3 is 9.73 Å². The number of rotatable bonds is 6. The summed E-state index contributed by atoms with van der Waals surface area (Å²) in [4.78, 5) is 14.4. The predicted octanol–water partition coefficient (Wildman–Crippen LogP) is 2.20. The van der Waals surface area contributed by atoms with Gasteiger partial charge in [0.05, 0.1) is 25.4 Å². The van der Waals surface area contributed by atoms with Crippen LogP contribution in [0.2, 0.25) is 0 Å². The molecular formula is C16H21N3O2. The lowest BCUT2D eigenvalue weighted by Crippen LogP contribution is -2.49. The third kappa shape index (κ3) is 3.45. The summed E-state index contributed by atoms with van der Waals surface area (Å²) in [5.74, 6) is 0.836. The van der Waals surface area contributed by atoms with Gasteiger partial charge in [0.15, 0.2) is 0 Å². The molecule has 0 unspecified atom stereocenters. The Morgan fingerprint density at radius 2 is 2.24 bits per heavy atom. The Bertz CT molecular complexity index is 522. The first-order valence-corrected chi connectivity index (χ1v) is 7.69. The molecule has 0 atom stereocenters. The molecule has 5 heteroatoms. The fourth-order valence-corrected chi connectivity index (χ4v) is 3.09. The lowest BCUT2D eigenvalue weighted by atomic mass is 10.00. The molecule has 1 aromatic heterocycles. The fraction of sp³-hybridized carbons (Fsp3) is 0.625. The second kappa shape index (κ2) is 5.90. The molecule has 5 nitrogen and oxygen atoms in total. The molecule has 21 heavy (non-hydrogen) atoms. The maximum atomic E-state index is 12.3. The van der Waals surface area contributed by atoms with Gasteiger partial charge in [-0.3, -0.25) is 9.69 Å². The lowest BCUT2D eigenvalue weighted by molar-refractivity contribution is -0.123. The Morgan fingerprint density at radius 1 is 1.48 bits per heavy atom. The Kier molecular flexibility index (Phi) is 3.98. The van der Waals surface area contributed by atoms with E-state index >= 15 is 0 Å². The number of hydrogen-bond acceptors (Lipinski definition) is 4. The molecule has 0 aromatic carbocycles. The first kappa shape index (κ1) is 14.2. The summed E-state index contributed by atoms with van der Waals surface area (Å²) in [6.07, 6.45) is 7.52. The SMILES string of the molecule is N#CC1(NC(=O)CN(Cc2ccco2)C2CC2)CCCC1. The highest BCUT2D eigenvalue weighted by molar-refractivity contribution is 5.79. The zero-order valence-corrected chi connectivity index (χ0v) is 12.2. The number of nitriles is 1. The molecule has 2 saturated carbocycles. The molecule has 1 amide bonds. The first-order chi connectivity index (χ1) is 10.2. The number of carbonyl (C=O) groups excluding carboxylic acids is 1. The van der Waals surface area contributed by atoms with E-state index in [4.69, 9.17) is 4.42 Å². The molecule has 112 valence electrons. The van der Waals surface area contributed by atoms with Crippen LogP contribution in [0.1, 0.15) is 44.3 Å². The topological polar surface area (TPSA) is 69.3 Å². The van der Waals surface area contributed by atoms with E-state index in [9.17, 15) is 10.1 Å². The maximum absolute atomic E-state index is 12.3. The van der Waals surface area contributed by atoms with Crippen molar-refractivity contribution in [2.45, 2.75) is 56.7 Å². The number of nitrogens with one attached hydrogen (secondary N) is 1. The maximum Gasteiger partial charge on any atom is 0.235 e. The van der Waals surface area contributed by atoms with Gasteiger partial charge in [0.25, 0.3) is 0 Å². The lowest BCUT2D eigenvalue weighted by Gasteiger charge is -2.25. The zero-order chi connectivity index (χ0) is 14.7. The highest BCUT2D eigenvalue weighted by atomic mass is 16.3. The van der Waals surface area contributed by atoms with Gasteiger partial charge >= 0.3 is 0 Å². The van der Waals surface area contributed by atoms with Crippen molar-refractivity contribution in [3.8, 4) is 6.07 Å². The quantitative estimate of drug-likeness (QED) is 0.870. The van der Waals surface area contributed by atoms with Crippen LogP contribution < -0.4 is 5.32 Å². The second-order valence-electron chi connectivity index (χ2n) is 6.16. The molecule has 2 aliphatic rings. The molecule has 0 radical (unpaired) electrons. The molecule has 1 N–H and O–H groups in total. The van der Waals surface area contributed by atoms with Gasteiger partial charge in [0, 0.05) is 6.04 Å². The van der Waals surface area contributed by atoms with Crippen LogP contribution >= 0.6 is 0 Å². The third-order valence-electron chi connectivity index (χ3n) is 4.40. The first-order valence-electron chi connectivity index (χ1n) is 7.69. The van der Waals surface area contributed by atoms with E-state index in [1.807, 2.05) is 12.1 Å². The number of furan rings is 1. The van der Waals surface area contributed by atoms with Crippen LogP contribution in [0.5, 0.6) is 0 Å². The van der Waals surface area contributed by atoms with Crippen molar-refractivity contribution in [1.29, 1.82) is 5.26 Å². The number of amides is 1. The standard InChI is InChI=1S/C16H21N3O2/c17-12-16(7-1-2-8-16)18-15(20)11-19(13-5-6-13)10-14-4-3-9-21-14/h3-4,9,13H,1-2,5-8,10-11H2,(H,18,20). The van der Waals surface area contributed by atoms with Gasteiger partial charge in [-0.05, 0) is 50.7 Å². The van der Waals surface area contributed by atoms with Crippen LogP contribution in [0, 0.1) is 11.3 Å². The Hall–Kier alpha value is -1.80. The second-order valence-corrected chi connectivity index (χ2v) is 6.16. The predicted molar refractivity (Wildman–Crippen MR) is 77.1 cm³/mol. The third-order valence-corrected chi connectivity index (χ3v) is 4.40. The van der Waals surface area contributed by atoms with Crippen molar-refractivity contribution in [2.24, 2.45) is 0 Å². The molecule has 0 bridgehead atoms. The van der Waals surface area contributed by atoms with E-state index in [0.717, 1.165) is 44.3 Å². The van der Waals surface area contributed by atoms with Crippen LogP contribution in [-0.4, -0.2) is 28.9 Å². The normalized spacial score (nSPS) is 20.4. The van der Waals surface area contributed by atoms with Gasteiger partial charge in [-0.2, -0.15) is 5.26 Å². The van der Waals surface area contributed by atoms with Crippen LogP contribution in [0.25, 0.3) is 0 Å². The summed E-state index contributed by atoms with van der Waals surface area (Å²) in [7, 11) is 0. The van der Waals surface area contributed by atoms with E-state index in [0.29, 0.717) is 19.1 Å².